The molecule has 0 aromatic heterocycles. The predicted octanol–water partition coefficient (Wildman–Crippen LogP) is 2.23. The Morgan fingerprint density at radius 2 is 2.10 bits per heavy atom. The van der Waals surface area contributed by atoms with Gasteiger partial charge in [-0.1, -0.05) is 6.07 Å². The average Bonchev–Trinajstić information content (AvgIpc) is 2.88. The molecule has 1 atom stereocenters. The Kier molecular flexibility index (Phi) is 4.15. The molecule has 1 amide bonds. The molecule has 1 heterocycles. The van der Waals surface area contributed by atoms with Crippen molar-refractivity contribution in [3.8, 4) is 5.75 Å². The van der Waals surface area contributed by atoms with Crippen LogP contribution in [0.3, 0.4) is 0 Å². The van der Waals surface area contributed by atoms with Crippen molar-refractivity contribution in [1.82, 2.24) is 10.2 Å². The quantitative estimate of drug-likeness (QED) is 0.897. The summed E-state index contributed by atoms with van der Waals surface area (Å²) in [6, 6.07) is 6.33. The molecule has 1 unspecified atom stereocenters. The van der Waals surface area contributed by atoms with E-state index in [1.165, 1.54) is 11.1 Å². The molecule has 1 fully saturated rings. The molecule has 0 radical (unpaired) electrons. The van der Waals surface area contributed by atoms with Crippen molar-refractivity contribution in [2.75, 3.05) is 19.6 Å². The van der Waals surface area contributed by atoms with Crippen LogP contribution >= 0.6 is 0 Å². The Balaban J connectivity index is 1.58. The van der Waals surface area contributed by atoms with Crippen LogP contribution in [0.1, 0.15) is 43.4 Å². The number of rotatable bonds is 3. The average molecular weight is 288 g/mol. The summed E-state index contributed by atoms with van der Waals surface area (Å²) in [5.74, 6) is 1.07. The number of aromatic hydroxyl groups is 1. The first-order chi connectivity index (χ1) is 10.1. The number of aryl methyl sites for hydroxylation is 1. The SMILES string of the molecule is CC(=O)NCC1CCN(C2CCc3cc(O)ccc32)CC1. The maximum Gasteiger partial charge on any atom is 0.216 e. The van der Waals surface area contributed by atoms with Gasteiger partial charge >= 0.3 is 0 Å². The first-order valence-electron chi connectivity index (χ1n) is 7.94. The second-order valence-corrected chi connectivity index (χ2v) is 6.35. The maximum atomic E-state index is 11.0. The molecule has 0 bridgehead atoms. The highest BCUT2D eigenvalue weighted by Gasteiger charge is 2.30. The minimum Gasteiger partial charge on any atom is -0.508 e. The number of hydrogen-bond acceptors (Lipinski definition) is 3. The number of fused-ring (bicyclic) bond motifs is 1. The summed E-state index contributed by atoms with van der Waals surface area (Å²) in [7, 11) is 0. The summed E-state index contributed by atoms with van der Waals surface area (Å²) >= 11 is 0. The second kappa shape index (κ2) is 6.06. The Labute approximate surface area is 126 Å². The number of piperidine rings is 1. The van der Waals surface area contributed by atoms with E-state index in [0.29, 0.717) is 17.7 Å². The van der Waals surface area contributed by atoms with Gasteiger partial charge in [0, 0.05) is 19.5 Å². The molecule has 4 heteroatoms. The van der Waals surface area contributed by atoms with Gasteiger partial charge in [-0.3, -0.25) is 9.69 Å². The van der Waals surface area contributed by atoms with Gasteiger partial charge in [-0.15, -0.1) is 0 Å². The molecular weight excluding hydrogens is 264 g/mol. The van der Waals surface area contributed by atoms with Gasteiger partial charge in [0.1, 0.15) is 5.75 Å². The summed E-state index contributed by atoms with van der Waals surface area (Å²) in [5, 5.41) is 12.5. The van der Waals surface area contributed by atoms with Crippen LogP contribution in [-0.4, -0.2) is 35.5 Å². The number of phenolic OH excluding ortho intramolecular Hbond substituents is 1. The maximum absolute atomic E-state index is 11.0. The van der Waals surface area contributed by atoms with Crippen molar-refractivity contribution in [2.24, 2.45) is 5.92 Å². The monoisotopic (exact) mass is 288 g/mol. The van der Waals surface area contributed by atoms with Crippen LogP contribution in [0.15, 0.2) is 18.2 Å². The zero-order valence-electron chi connectivity index (χ0n) is 12.6. The van der Waals surface area contributed by atoms with Crippen molar-refractivity contribution < 1.29 is 9.90 Å². The van der Waals surface area contributed by atoms with Crippen LogP contribution in [0.4, 0.5) is 0 Å². The number of carbonyl (C=O) groups is 1. The van der Waals surface area contributed by atoms with Crippen molar-refractivity contribution in [1.29, 1.82) is 0 Å². The predicted molar refractivity (Wildman–Crippen MR) is 82.1 cm³/mol. The van der Waals surface area contributed by atoms with E-state index in [4.69, 9.17) is 0 Å². The summed E-state index contributed by atoms with van der Waals surface area (Å²) in [6.07, 6.45) is 4.55. The van der Waals surface area contributed by atoms with Crippen LogP contribution in [0.25, 0.3) is 0 Å². The highest BCUT2D eigenvalue weighted by Crippen LogP contribution is 2.38. The lowest BCUT2D eigenvalue weighted by molar-refractivity contribution is -0.119. The Morgan fingerprint density at radius 3 is 2.81 bits per heavy atom. The van der Waals surface area contributed by atoms with Crippen LogP contribution in [0, 0.1) is 5.92 Å². The lowest BCUT2D eigenvalue weighted by Crippen LogP contribution is -2.39. The molecule has 21 heavy (non-hydrogen) atoms. The first-order valence-corrected chi connectivity index (χ1v) is 7.94. The highest BCUT2D eigenvalue weighted by molar-refractivity contribution is 5.72. The summed E-state index contributed by atoms with van der Waals surface area (Å²) in [4.78, 5) is 13.6. The van der Waals surface area contributed by atoms with Gasteiger partial charge in [-0.2, -0.15) is 0 Å². The van der Waals surface area contributed by atoms with E-state index in [-0.39, 0.29) is 5.91 Å². The van der Waals surface area contributed by atoms with Gasteiger partial charge in [-0.25, -0.2) is 0 Å². The Hall–Kier alpha value is -1.55. The normalized spacial score (nSPS) is 23.0. The fraction of sp³-hybridized carbons (Fsp3) is 0.588. The number of hydrogen-bond donors (Lipinski definition) is 2. The van der Waals surface area contributed by atoms with Gasteiger partial charge < -0.3 is 10.4 Å². The van der Waals surface area contributed by atoms with Crippen LogP contribution in [0.2, 0.25) is 0 Å². The summed E-state index contributed by atoms with van der Waals surface area (Å²) in [5.41, 5.74) is 2.70. The van der Waals surface area contributed by atoms with Crippen molar-refractivity contribution >= 4 is 5.91 Å². The molecule has 1 saturated heterocycles. The molecule has 2 aliphatic rings. The van der Waals surface area contributed by atoms with Gasteiger partial charge in [-0.05, 0) is 68.0 Å². The van der Waals surface area contributed by atoms with Crippen LogP contribution < -0.4 is 5.32 Å². The number of likely N-dealkylation sites (tertiary alicyclic amines) is 1. The van der Waals surface area contributed by atoms with E-state index in [1.807, 2.05) is 6.07 Å². The molecule has 0 spiro atoms. The topological polar surface area (TPSA) is 52.6 Å². The van der Waals surface area contributed by atoms with Gasteiger partial charge in [0.2, 0.25) is 5.91 Å². The number of nitrogens with zero attached hydrogens (tertiary/aromatic N) is 1. The van der Waals surface area contributed by atoms with E-state index in [9.17, 15) is 9.90 Å². The van der Waals surface area contributed by atoms with Crippen LogP contribution in [0.5, 0.6) is 5.75 Å². The third kappa shape index (κ3) is 3.21. The largest absolute Gasteiger partial charge is 0.508 e. The molecule has 1 aromatic carbocycles. The number of phenols is 1. The fourth-order valence-corrected chi connectivity index (χ4v) is 3.72. The molecule has 0 saturated carbocycles. The van der Waals surface area contributed by atoms with Crippen molar-refractivity contribution in [3.63, 3.8) is 0 Å². The molecule has 1 aliphatic heterocycles. The second-order valence-electron chi connectivity index (χ2n) is 6.35. The first kappa shape index (κ1) is 14.4. The molecule has 1 aromatic rings. The van der Waals surface area contributed by atoms with Gasteiger partial charge in [0.15, 0.2) is 0 Å². The lowest BCUT2D eigenvalue weighted by Gasteiger charge is -2.36. The molecule has 114 valence electrons. The summed E-state index contributed by atoms with van der Waals surface area (Å²) < 4.78 is 0. The number of carbonyl (C=O) groups excluding carboxylic acids is 1. The van der Waals surface area contributed by atoms with Gasteiger partial charge in [0.05, 0.1) is 0 Å². The van der Waals surface area contributed by atoms with E-state index in [1.54, 1.807) is 13.0 Å². The number of benzene rings is 1. The smallest absolute Gasteiger partial charge is 0.216 e. The minimum atomic E-state index is 0.0713. The zero-order valence-corrected chi connectivity index (χ0v) is 12.6. The summed E-state index contributed by atoms with van der Waals surface area (Å²) in [6.45, 7) is 4.61. The van der Waals surface area contributed by atoms with E-state index in [0.717, 1.165) is 45.3 Å². The van der Waals surface area contributed by atoms with Crippen molar-refractivity contribution in [2.45, 2.75) is 38.6 Å². The van der Waals surface area contributed by atoms with Crippen LogP contribution in [-0.2, 0) is 11.2 Å². The lowest BCUT2D eigenvalue weighted by atomic mass is 9.94. The number of amides is 1. The van der Waals surface area contributed by atoms with Gasteiger partial charge in [0.25, 0.3) is 0 Å². The van der Waals surface area contributed by atoms with Crippen molar-refractivity contribution in [3.05, 3.63) is 29.3 Å². The molecule has 1 aliphatic carbocycles. The number of nitrogens with one attached hydrogen (secondary N) is 1. The third-order valence-electron chi connectivity index (χ3n) is 4.90. The minimum absolute atomic E-state index is 0.0713. The molecule has 3 rings (SSSR count). The fourth-order valence-electron chi connectivity index (χ4n) is 3.72. The zero-order chi connectivity index (χ0) is 14.8. The standard InChI is InChI=1S/C17H24N2O2/c1-12(20)18-11-13-6-8-19(9-7-13)17-5-2-14-10-15(21)3-4-16(14)17/h3-4,10,13,17,21H,2,5-9,11H2,1H3,(H,18,20). The molecule has 2 N–H and O–H groups in total. The van der Waals surface area contributed by atoms with E-state index >= 15 is 0 Å². The third-order valence-corrected chi connectivity index (χ3v) is 4.90. The molecule has 4 nitrogen and oxygen atoms in total. The van der Waals surface area contributed by atoms with E-state index in [2.05, 4.69) is 16.3 Å². The highest BCUT2D eigenvalue weighted by atomic mass is 16.3. The van der Waals surface area contributed by atoms with E-state index < -0.39 is 0 Å². The Bertz CT molecular complexity index is 522. The Morgan fingerprint density at radius 1 is 1.33 bits per heavy atom. The molecular formula is C17H24N2O2.